The SMILES string of the molecule is COc1cc(C(=O)c2ccc(C)s2)c(OC)cc1Br. The molecule has 1 aromatic carbocycles. The molecule has 0 atom stereocenters. The highest BCUT2D eigenvalue weighted by molar-refractivity contribution is 9.10. The van der Waals surface area contributed by atoms with Crippen molar-refractivity contribution in [1.29, 1.82) is 0 Å². The van der Waals surface area contributed by atoms with Crippen molar-refractivity contribution in [3.63, 3.8) is 0 Å². The van der Waals surface area contributed by atoms with Crippen LogP contribution in [0.15, 0.2) is 28.7 Å². The Labute approximate surface area is 124 Å². The highest BCUT2D eigenvalue weighted by Crippen LogP contribution is 2.34. The second-order valence-electron chi connectivity index (χ2n) is 3.93. The van der Waals surface area contributed by atoms with Crippen LogP contribution in [0.3, 0.4) is 0 Å². The summed E-state index contributed by atoms with van der Waals surface area (Å²) in [6, 6.07) is 7.20. The van der Waals surface area contributed by atoms with Crippen LogP contribution < -0.4 is 9.47 Å². The lowest BCUT2D eigenvalue weighted by atomic mass is 10.1. The maximum absolute atomic E-state index is 12.5. The first kappa shape index (κ1) is 14.1. The van der Waals surface area contributed by atoms with Crippen LogP contribution in [0.25, 0.3) is 0 Å². The summed E-state index contributed by atoms with van der Waals surface area (Å²) in [5.41, 5.74) is 0.504. The van der Waals surface area contributed by atoms with Crippen molar-refractivity contribution >= 4 is 33.0 Å². The van der Waals surface area contributed by atoms with Gasteiger partial charge >= 0.3 is 0 Å². The summed E-state index contributed by atoms with van der Waals surface area (Å²) in [4.78, 5) is 14.3. The van der Waals surface area contributed by atoms with Gasteiger partial charge in [0, 0.05) is 4.88 Å². The number of aryl methyl sites for hydroxylation is 1. The van der Waals surface area contributed by atoms with Crippen LogP contribution in [0.4, 0.5) is 0 Å². The summed E-state index contributed by atoms with van der Waals surface area (Å²) in [5, 5.41) is 0. The lowest BCUT2D eigenvalue weighted by Gasteiger charge is -2.10. The molecule has 3 nitrogen and oxygen atoms in total. The number of rotatable bonds is 4. The van der Waals surface area contributed by atoms with Crippen LogP contribution in [0.5, 0.6) is 11.5 Å². The third-order valence-corrected chi connectivity index (χ3v) is 4.30. The van der Waals surface area contributed by atoms with E-state index in [9.17, 15) is 4.79 Å². The molecule has 0 saturated carbocycles. The van der Waals surface area contributed by atoms with Gasteiger partial charge in [0.25, 0.3) is 0 Å². The summed E-state index contributed by atoms with van der Waals surface area (Å²) < 4.78 is 11.3. The van der Waals surface area contributed by atoms with Crippen molar-refractivity contribution in [1.82, 2.24) is 0 Å². The molecule has 1 heterocycles. The number of carbonyl (C=O) groups excluding carboxylic acids is 1. The molecule has 0 aliphatic rings. The zero-order valence-corrected chi connectivity index (χ0v) is 13.2. The molecule has 5 heteroatoms. The first-order valence-electron chi connectivity index (χ1n) is 5.59. The summed E-state index contributed by atoms with van der Waals surface area (Å²) in [5.74, 6) is 1.09. The van der Waals surface area contributed by atoms with Crippen molar-refractivity contribution in [2.45, 2.75) is 6.92 Å². The van der Waals surface area contributed by atoms with Crippen LogP contribution in [-0.2, 0) is 0 Å². The molecule has 0 aliphatic heterocycles. The van der Waals surface area contributed by atoms with Gasteiger partial charge in [-0.2, -0.15) is 0 Å². The molecule has 0 saturated heterocycles. The van der Waals surface area contributed by atoms with Crippen molar-refractivity contribution in [3.8, 4) is 11.5 Å². The Morgan fingerprint density at radius 2 is 1.84 bits per heavy atom. The number of carbonyl (C=O) groups is 1. The Balaban J connectivity index is 2.51. The average Bonchev–Trinajstić information content (AvgIpc) is 2.84. The van der Waals surface area contributed by atoms with Crippen LogP contribution >= 0.6 is 27.3 Å². The lowest BCUT2D eigenvalue weighted by molar-refractivity contribution is 0.103. The Bertz CT molecular complexity index is 619. The molecule has 0 aliphatic carbocycles. The molecule has 0 radical (unpaired) electrons. The highest BCUT2D eigenvalue weighted by Gasteiger charge is 2.18. The van der Waals surface area contributed by atoms with E-state index in [-0.39, 0.29) is 5.78 Å². The van der Waals surface area contributed by atoms with Crippen molar-refractivity contribution in [3.05, 3.63) is 44.1 Å². The fraction of sp³-hybridized carbons (Fsp3) is 0.214. The van der Waals surface area contributed by atoms with Gasteiger partial charge in [0.05, 0.1) is 29.1 Å². The molecule has 100 valence electrons. The van der Waals surface area contributed by atoms with Crippen LogP contribution in [-0.4, -0.2) is 20.0 Å². The quantitative estimate of drug-likeness (QED) is 0.787. The van der Waals surface area contributed by atoms with E-state index < -0.39 is 0 Å². The first-order chi connectivity index (χ1) is 9.06. The number of benzene rings is 1. The minimum atomic E-state index is -0.0549. The molecule has 0 amide bonds. The van der Waals surface area contributed by atoms with E-state index in [1.54, 1.807) is 26.4 Å². The minimum absolute atomic E-state index is 0.0549. The predicted octanol–water partition coefficient (Wildman–Crippen LogP) is 4.07. The Kier molecular flexibility index (Phi) is 4.27. The zero-order chi connectivity index (χ0) is 14.0. The predicted molar refractivity (Wildman–Crippen MR) is 79.7 cm³/mol. The Morgan fingerprint density at radius 1 is 1.16 bits per heavy atom. The van der Waals surface area contributed by atoms with Gasteiger partial charge in [-0.05, 0) is 47.1 Å². The summed E-state index contributed by atoms with van der Waals surface area (Å²) >= 11 is 4.85. The third-order valence-electron chi connectivity index (χ3n) is 2.68. The summed E-state index contributed by atoms with van der Waals surface area (Å²) in [7, 11) is 3.11. The van der Waals surface area contributed by atoms with E-state index in [0.29, 0.717) is 21.9 Å². The second-order valence-corrected chi connectivity index (χ2v) is 6.07. The molecule has 0 bridgehead atoms. The van der Waals surface area contributed by atoms with Gasteiger partial charge in [-0.3, -0.25) is 4.79 Å². The van der Waals surface area contributed by atoms with Gasteiger partial charge in [0.15, 0.2) is 0 Å². The molecular weight excluding hydrogens is 328 g/mol. The van der Waals surface area contributed by atoms with Crippen LogP contribution in [0.2, 0.25) is 0 Å². The monoisotopic (exact) mass is 340 g/mol. The van der Waals surface area contributed by atoms with Gasteiger partial charge in [-0.1, -0.05) is 0 Å². The maximum atomic E-state index is 12.5. The van der Waals surface area contributed by atoms with E-state index >= 15 is 0 Å². The number of ether oxygens (including phenoxy) is 2. The normalized spacial score (nSPS) is 10.3. The van der Waals surface area contributed by atoms with E-state index in [1.165, 1.54) is 11.3 Å². The zero-order valence-electron chi connectivity index (χ0n) is 10.8. The van der Waals surface area contributed by atoms with Crippen molar-refractivity contribution < 1.29 is 14.3 Å². The third kappa shape index (κ3) is 2.82. The van der Waals surface area contributed by atoms with Crippen LogP contribution in [0.1, 0.15) is 20.1 Å². The van der Waals surface area contributed by atoms with Gasteiger partial charge in [0.2, 0.25) is 5.78 Å². The maximum Gasteiger partial charge on any atom is 0.206 e. The Hall–Kier alpha value is -1.33. The molecule has 2 rings (SSSR count). The van der Waals surface area contributed by atoms with Gasteiger partial charge in [-0.25, -0.2) is 0 Å². The molecule has 2 aromatic rings. The highest BCUT2D eigenvalue weighted by atomic mass is 79.9. The fourth-order valence-electron chi connectivity index (χ4n) is 1.73. The van der Waals surface area contributed by atoms with E-state index in [2.05, 4.69) is 15.9 Å². The molecule has 19 heavy (non-hydrogen) atoms. The second kappa shape index (κ2) is 5.75. The molecule has 1 aromatic heterocycles. The number of hydrogen-bond donors (Lipinski definition) is 0. The Morgan fingerprint density at radius 3 is 2.37 bits per heavy atom. The topological polar surface area (TPSA) is 35.5 Å². The number of ketones is 1. The number of halogens is 1. The number of hydrogen-bond acceptors (Lipinski definition) is 4. The van der Waals surface area contributed by atoms with Crippen molar-refractivity contribution in [2.24, 2.45) is 0 Å². The van der Waals surface area contributed by atoms with Gasteiger partial charge in [-0.15, -0.1) is 11.3 Å². The largest absolute Gasteiger partial charge is 0.496 e. The molecule has 0 unspecified atom stereocenters. The molecule has 0 N–H and O–H groups in total. The summed E-state index contributed by atoms with van der Waals surface area (Å²) in [6.45, 7) is 1.97. The standard InChI is InChI=1S/C14H13BrO3S/c1-8-4-5-13(19-8)14(16)9-6-12(18-3)10(15)7-11(9)17-2/h4-7H,1-3H3. The summed E-state index contributed by atoms with van der Waals surface area (Å²) in [6.07, 6.45) is 0. The minimum Gasteiger partial charge on any atom is -0.496 e. The van der Waals surface area contributed by atoms with E-state index in [1.807, 2.05) is 19.1 Å². The number of thiophene rings is 1. The fourth-order valence-corrected chi connectivity index (χ4v) is 3.03. The smallest absolute Gasteiger partial charge is 0.206 e. The lowest BCUT2D eigenvalue weighted by Crippen LogP contribution is -2.03. The van der Waals surface area contributed by atoms with Crippen molar-refractivity contribution in [2.75, 3.05) is 14.2 Å². The molecule has 0 fully saturated rings. The molecular formula is C14H13BrO3S. The van der Waals surface area contributed by atoms with Gasteiger partial charge in [0.1, 0.15) is 11.5 Å². The first-order valence-corrected chi connectivity index (χ1v) is 7.20. The number of methoxy groups -OCH3 is 2. The van der Waals surface area contributed by atoms with E-state index in [0.717, 1.165) is 9.35 Å². The van der Waals surface area contributed by atoms with Gasteiger partial charge < -0.3 is 9.47 Å². The molecule has 0 spiro atoms. The van der Waals surface area contributed by atoms with E-state index in [4.69, 9.17) is 9.47 Å². The average molecular weight is 341 g/mol. The van der Waals surface area contributed by atoms with Crippen LogP contribution in [0, 0.1) is 6.92 Å².